The molecule has 0 bridgehead atoms. The van der Waals surface area contributed by atoms with Crippen LogP contribution in [0.2, 0.25) is 0 Å². The summed E-state index contributed by atoms with van der Waals surface area (Å²) in [5, 5.41) is 16.6. The Kier molecular flexibility index (Phi) is 2.47. The highest BCUT2D eigenvalue weighted by Crippen LogP contribution is 2.05. The molecule has 0 aliphatic heterocycles. The second-order valence-corrected chi connectivity index (χ2v) is 2.16. The van der Waals surface area contributed by atoms with Gasteiger partial charge in [-0.3, -0.25) is 10.1 Å². The zero-order valence-corrected chi connectivity index (χ0v) is 6.63. The maximum atomic E-state index is 10.7. The highest BCUT2D eigenvalue weighted by Gasteiger charge is 2.19. The van der Waals surface area contributed by atoms with E-state index >= 15 is 0 Å². The molecule has 0 aliphatic rings. The van der Waals surface area contributed by atoms with E-state index in [1.807, 2.05) is 0 Å². The molecular formula is C4H6N5O4+. The van der Waals surface area contributed by atoms with Gasteiger partial charge in [0.1, 0.15) is 5.69 Å². The van der Waals surface area contributed by atoms with Crippen molar-refractivity contribution in [3.8, 4) is 0 Å². The van der Waals surface area contributed by atoms with Gasteiger partial charge < -0.3 is 0 Å². The van der Waals surface area contributed by atoms with E-state index in [0.29, 0.717) is 5.69 Å². The quantitative estimate of drug-likeness (QED) is 0.299. The van der Waals surface area contributed by atoms with Crippen LogP contribution in [0, 0.1) is 21.9 Å². The third-order valence-electron chi connectivity index (χ3n) is 1.13. The minimum Gasteiger partial charge on any atom is -0.259 e. The smallest absolute Gasteiger partial charge is 0.259 e. The predicted molar refractivity (Wildman–Crippen MR) is 38.1 cm³/mol. The van der Waals surface area contributed by atoms with E-state index in [9.17, 15) is 15.0 Å². The lowest BCUT2D eigenvalue weighted by Gasteiger charge is -1.87. The summed E-state index contributed by atoms with van der Waals surface area (Å²) in [6.07, 6.45) is 0. The van der Waals surface area contributed by atoms with Crippen molar-refractivity contribution in [3.63, 3.8) is 0 Å². The molecule has 1 aromatic heterocycles. The van der Waals surface area contributed by atoms with Crippen LogP contribution >= 0.6 is 0 Å². The summed E-state index contributed by atoms with van der Waals surface area (Å²) in [6.45, 7) is 0.658. The van der Waals surface area contributed by atoms with Gasteiger partial charge in [-0.05, 0) is 12.1 Å². The summed E-state index contributed by atoms with van der Waals surface area (Å²) in [5.74, 6) is 0.0665. The van der Waals surface area contributed by atoms with Crippen molar-refractivity contribution in [2.24, 2.45) is 0 Å². The molecule has 1 aromatic rings. The molecule has 9 heteroatoms. The maximum absolute atomic E-state index is 10.7. The molecule has 13 heavy (non-hydrogen) atoms. The van der Waals surface area contributed by atoms with E-state index in [-0.39, 0.29) is 10.7 Å². The number of nitroso groups, excluding NO2 is 1. The van der Waals surface area contributed by atoms with E-state index < -0.39 is 11.6 Å². The molecule has 0 radical (unpaired) electrons. The summed E-state index contributed by atoms with van der Waals surface area (Å²) >= 11 is 0. The molecule has 0 amide bonds. The predicted octanol–water partition coefficient (Wildman–Crippen LogP) is -0.282. The van der Waals surface area contributed by atoms with E-state index in [1.54, 1.807) is 6.92 Å². The fourth-order valence-corrected chi connectivity index (χ4v) is 0.591. The molecule has 0 atom stereocenters. The van der Waals surface area contributed by atoms with Gasteiger partial charge in [-0.15, -0.1) is 0 Å². The van der Waals surface area contributed by atoms with Crippen molar-refractivity contribution in [1.82, 2.24) is 10.3 Å². The summed E-state index contributed by atoms with van der Waals surface area (Å²) < 4.78 is 4.25. The van der Waals surface area contributed by atoms with E-state index in [4.69, 9.17) is 0 Å². The number of aryl methyl sites for hydroxylation is 1. The second kappa shape index (κ2) is 3.56. The van der Waals surface area contributed by atoms with Crippen molar-refractivity contribution in [3.05, 3.63) is 20.7 Å². The van der Waals surface area contributed by atoms with Crippen LogP contribution in [0.3, 0.4) is 0 Å². The first-order chi connectivity index (χ1) is 6.09. The van der Waals surface area contributed by atoms with Crippen molar-refractivity contribution in [2.75, 3.05) is 12.1 Å². The third kappa shape index (κ3) is 2.47. The number of nitrogens with zero attached hydrogens (tertiary/aromatic N) is 4. The first-order valence-corrected chi connectivity index (χ1v) is 3.22. The lowest BCUT2D eigenvalue weighted by atomic mass is 10.5. The van der Waals surface area contributed by atoms with Crippen LogP contribution in [0.4, 0.5) is 5.82 Å². The average molecular weight is 188 g/mol. The van der Waals surface area contributed by atoms with Gasteiger partial charge in [0, 0.05) is 0 Å². The number of hydrogen-bond acceptors (Lipinski definition) is 6. The number of aromatic nitrogens is 2. The largest absolute Gasteiger partial charge is 0.462 e. The van der Waals surface area contributed by atoms with Crippen LogP contribution in [0.1, 0.15) is 5.69 Å². The SMILES string of the molecule is Cc1nonc1N[N+](=O)C[N+](=O)[O-]. The molecule has 1 N–H and O–H groups in total. The van der Waals surface area contributed by atoms with Crippen LogP contribution < -0.4 is 5.43 Å². The minimum atomic E-state index is -0.883. The second-order valence-electron chi connectivity index (χ2n) is 2.16. The summed E-state index contributed by atoms with van der Waals surface area (Å²) in [4.78, 5) is 19.9. The summed E-state index contributed by atoms with van der Waals surface area (Å²) in [7, 11) is 0. The van der Waals surface area contributed by atoms with Crippen LogP contribution in [0.5, 0.6) is 0 Å². The molecule has 0 unspecified atom stereocenters. The molecule has 1 heterocycles. The Hall–Kier alpha value is -2.06. The molecule has 0 aromatic carbocycles. The fraction of sp³-hybridized carbons (Fsp3) is 0.500. The molecule has 0 spiro atoms. The standard InChI is InChI=1S/C4H6N5O4/c1-3-4(7-13-6-3)5-8(10)2-9(11)12/h2H2,1H3,(H,5,7,10)/q+1. The Morgan fingerprint density at radius 1 is 1.54 bits per heavy atom. The van der Waals surface area contributed by atoms with Gasteiger partial charge in [0.15, 0.2) is 4.87 Å². The van der Waals surface area contributed by atoms with Crippen molar-refractivity contribution in [1.29, 1.82) is 0 Å². The summed E-state index contributed by atoms with van der Waals surface area (Å²) in [5.41, 5.74) is 2.44. The number of nitrogens with one attached hydrogen (secondary N) is 1. The highest BCUT2D eigenvalue weighted by atomic mass is 16.6. The van der Waals surface area contributed by atoms with Crippen LogP contribution in [0.25, 0.3) is 0 Å². The first-order valence-electron chi connectivity index (χ1n) is 3.22. The molecule has 0 saturated carbocycles. The molecule has 1 rings (SSSR count). The number of hydrogen-bond donors (Lipinski definition) is 1. The Labute approximate surface area is 71.4 Å². The minimum absolute atomic E-state index is 0.0204. The molecule has 0 saturated heterocycles. The number of anilines is 1. The molecule has 70 valence electrons. The number of hydrazine groups is 1. The Bertz CT molecular complexity index is 333. The Morgan fingerprint density at radius 3 is 2.69 bits per heavy atom. The van der Waals surface area contributed by atoms with E-state index in [2.05, 4.69) is 20.4 Å². The van der Waals surface area contributed by atoms with Crippen LogP contribution in [0.15, 0.2) is 4.63 Å². The normalized spacial score (nSPS) is 9.62. The van der Waals surface area contributed by atoms with Crippen molar-refractivity contribution < 1.29 is 14.4 Å². The topological polar surface area (TPSA) is 114 Å². The lowest BCUT2D eigenvalue weighted by Crippen LogP contribution is -2.23. The van der Waals surface area contributed by atoms with E-state index in [0.717, 1.165) is 0 Å². The fourth-order valence-electron chi connectivity index (χ4n) is 0.591. The summed E-state index contributed by atoms with van der Waals surface area (Å²) in [6, 6.07) is 0. The van der Waals surface area contributed by atoms with Crippen LogP contribution in [-0.4, -0.2) is 26.8 Å². The van der Waals surface area contributed by atoms with Gasteiger partial charge >= 0.3 is 6.67 Å². The van der Waals surface area contributed by atoms with Crippen molar-refractivity contribution >= 4 is 5.82 Å². The third-order valence-corrected chi connectivity index (χ3v) is 1.13. The zero-order valence-electron chi connectivity index (χ0n) is 6.63. The average Bonchev–Trinajstić information content (AvgIpc) is 2.34. The van der Waals surface area contributed by atoms with Gasteiger partial charge in [-0.2, -0.15) is 0 Å². The van der Waals surface area contributed by atoms with Gasteiger partial charge in [0.2, 0.25) is 0 Å². The van der Waals surface area contributed by atoms with Gasteiger partial charge in [0.25, 0.3) is 5.82 Å². The molecule has 9 nitrogen and oxygen atoms in total. The molecule has 0 aliphatic carbocycles. The van der Waals surface area contributed by atoms with Gasteiger partial charge in [-0.1, -0.05) is 10.6 Å². The van der Waals surface area contributed by atoms with Gasteiger partial charge in [-0.25, -0.2) is 4.63 Å². The molecular weight excluding hydrogens is 182 g/mol. The van der Waals surface area contributed by atoms with E-state index in [1.165, 1.54) is 0 Å². The molecule has 0 fully saturated rings. The first kappa shape index (κ1) is 9.03. The van der Waals surface area contributed by atoms with Crippen LogP contribution in [-0.2, 0) is 0 Å². The maximum Gasteiger partial charge on any atom is 0.462 e. The number of rotatable bonds is 4. The van der Waals surface area contributed by atoms with Crippen molar-refractivity contribution in [2.45, 2.75) is 6.92 Å². The Morgan fingerprint density at radius 2 is 2.23 bits per heavy atom. The Balaban J connectivity index is 2.55. The zero-order chi connectivity index (χ0) is 9.84. The van der Waals surface area contributed by atoms with Gasteiger partial charge in [0.05, 0.1) is 9.83 Å². The number of nitro groups is 1. The highest BCUT2D eigenvalue weighted by molar-refractivity contribution is 5.33. The lowest BCUT2D eigenvalue weighted by molar-refractivity contribution is -0.707. The monoisotopic (exact) mass is 188 g/mol.